The van der Waals surface area contributed by atoms with E-state index in [1.807, 2.05) is 0 Å². The number of hydrogen-bond donors (Lipinski definition) is 1. The van der Waals surface area contributed by atoms with Gasteiger partial charge in [-0.2, -0.15) is 0 Å². The number of piperidine rings is 1. The molecule has 1 aromatic rings. The largest absolute Gasteiger partial charge is 0.371 e. The zero-order valence-corrected chi connectivity index (χ0v) is 14.4. The predicted octanol–water partition coefficient (Wildman–Crippen LogP) is 4.58. The molecule has 1 heterocycles. The maximum atomic E-state index is 3.75. The highest BCUT2D eigenvalue weighted by Gasteiger charge is 2.20. The SMILES string of the molecule is CCCC1CCN(c2ccc(CNCC)cc2Br)CC1. The second kappa shape index (κ2) is 8.04. The standard InChI is InChI=1S/C17H27BrN2/c1-3-5-14-8-10-20(11-9-14)17-7-6-15(12-16(17)18)13-19-4-2/h6-7,12,14,19H,3-5,8-11,13H2,1-2H3. The molecule has 1 aliphatic heterocycles. The first-order valence-electron chi connectivity index (χ1n) is 7.98. The van der Waals surface area contributed by atoms with Crippen LogP contribution in [-0.4, -0.2) is 19.6 Å². The molecule has 1 aromatic carbocycles. The Kier molecular flexibility index (Phi) is 6.37. The molecule has 1 saturated heterocycles. The zero-order chi connectivity index (χ0) is 14.4. The lowest BCUT2D eigenvalue weighted by atomic mass is 9.92. The lowest BCUT2D eigenvalue weighted by Crippen LogP contribution is -2.33. The minimum absolute atomic E-state index is 0.947. The van der Waals surface area contributed by atoms with Gasteiger partial charge in [0.2, 0.25) is 0 Å². The molecule has 0 amide bonds. The second-order valence-corrected chi connectivity index (χ2v) is 6.64. The number of halogens is 1. The number of nitrogens with zero attached hydrogens (tertiary/aromatic N) is 1. The van der Waals surface area contributed by atoms with E-state index < -0.39 is 0 Å². The molecular weight excluding hydrogens is 312 g/mol. The summed E-state index contributed by atoms with van der Waals surface area (Å²) >= 11 is 3.75. The van der Waals surface area contributed by atoms with Crippen molar-refractivity contribution >= 4 is 21.6 Å². The van der Waals surface area contributed by atoms with Gasteiger partial charge >= 0.3 is 0 Å². The van der Waals surface area contributed by atoms with Gasteiger partial charge < -0.3 is 10.2 Å². The van der Waals surface area contributed by atoms with Crippen LogP contribution in [0.5, 0.6) is 0 Å². The average Bonchev–Trinajstić information content (AvgIpc) is 2.47. The normalized spacial score (nSPS) is 16.6. The monoisotopic (exact) mass is 338 g/mol. The van der Waals surface area contributed by atoms with Crippen molar-refractivity contribution in [2.24, 2.45) is 5.92 Å². The summed E-state index contributed by atoms with van der Waals surface area (Å²) in [5.41, 5.74) is 2.71. The first-order valence-corrected chi connectivity index (χ1v) is 8.78. The second-order valence-electron chi connectivity index (χ2n) is 5.79. The number of hydrogen-bond acceptors (Lipinski definition) is 2. The molecule has 3 heteroatoms. The molecule has 0 aromatic heterocycles. The van der Waals surface area contributed by atoms with E-state index in [-0.39, 0.29) is 0 Å². The average molecular weight is 339 g/mol. The van der Waals surface area contributed by atoms with Gasteiger partial charge in [0.1, 0.15) is 0 Å². The van der Waals surface area contributed by atoms with Crippen molar-refractivity contribution < 1.29 is 0 Å². The topological polar surface area (TPSA) is 15.3 Å². The summed E-state index contributed by atoms with van der Waals surface area (Å²) in [4.78, 5) is 2.53. The van der Waals surface area contributed by atoms with Crippen LogP contribution < -0.4 is 10.2 Å². The Bertz CT molecular complexity index is 411. The highest BCUT2D eigenvalue weighted by atomic mass is 79.9. The number of anilines is 1. The van der Waals surface area contributed by atoms with Gasteiger partial charge in [0, 0.05) is 24.1 Å². The van der Waals surface area contributed by atoms with E-state index >= 15 is 0 Å². The van der Waals surface area contributed by atoms with Gasteiger partial charge in [0.15, 0.2) is 0 Å². The maximum absolute atomic E-state index is 3.75. The van der Waals surface area contributed by atoms with Crippen LogP contribution in [0.2, 0.25) is 0 Å². The predicted molar refractivity (Wildman–Crippen MR) is 91.4 cm³/mol. The smallest absolute Gasteiger partial charge is 0.0510 e. The Morgan fingerprint density at radius 2 is 2.00 bits per heavy atom. The van der Waals surface area contributed by atoms with E-state index in [0.29, 0.717) is 0 Å². The van der Waals surface area contributed by atoms with E-state index in [4.69, 9.17) is 0 Å². The van der Waals surface area contributed by atoms with Crippen molar-refractivity contribution in [2.75, 3.05) is 24.5 Å². The Morgan fingerprint density at radius 3 is 2.60 bits per heavy atom. The third-order valence-electron chi connectivity index (χ3n) is 4.24. The van der Waals surface area contributed by atoms with E-state index in [9.17, 15) is 0 Å². The van der Waals surface area contributed by atoms with Gasteiger partial charge in [-0.1, -0.05) is 32.8 Å². The van der Waals surface area contributed by atoms with E-state index in [0.717, 1.165) is 19.0 Å². The van der Waals surface area contributed by atoms with Gasteiger partial charge in [-0.05, 0) is 58.9 Å². The van der Waals surface area contributed by atoms with Crippen molar-refractivity contribution in [1.29, 1.82) is 0 Å². The highest BCUT2D eigenvalue weighted by Crippen LogP contribution is 2.31. The molecule has 0 spiro atoms. The number of nitrogens with one attached hydrogen (secondary N) is 1. The van der Waals surface area contributed by atoms with Crippen LogP contribution in [0, 0.1) is 5.92 Å². The van der Waals surface area contributed by atoms with Gasteiger partial charge in [-0.3, -0.25) is 0 Å². The molecule has 0 radical (unpaired) electrons. The lowest BCUT2D eigenvalue weighted by molar-refractivity contribution is 0.378. The Morgan fingerprint density at radius 1 is 1.25 bits per heavy atom. The summed E-state index contributed by atoms with van der Waals surface area (Å²) in [7, 11) is 0. The lowest BCUT2D eigenvalue weighted by Gasteiger charge is -2.34. The summed E-state index contributed by atoms with van der Waals surface area (Å²) in [6.07, 6.45) is 5.42. The Labute approximate surface area is 132 Å². The van der Waals surface area contributed by atoms with Crippen LogP contribution in [0.4, 0.5) is 5.69 Å². The molecule has 0 bridgehead atoms. The summed E-state index contributed by atoms with van der Waals surface area (Å²) < 4.78 is 1.24. The molecule has 20 heavy (non-hydrogen) atoms. The van der Waals surface area contributed by atoms with Crippen molar-refractivity contribution in [1.82, 2.24) is 5.32 Å². The summed E-state index contributed by atoms with van der Waals surface area (Å²) in [5.74, 6) is 0.947. The number of benzene rings is 1. The van der Waals surface area contributed by atoms with E-state index in [1.165, 1.54) is 54.5 Å². The summed E-state index contributed by atoms with van der Waals surface area (Å²) in [6, 6.07) is 6.79. The van der Waals surface area contributed by atoms with Crippen LogP contribution in [0.3, 0.4) is 0 Å². The zero-order valence-electron chi connectivity index (χ0n) is 12.8. The van der Waals surface area contributed by atoms with Crippen molar-refractivity contribution in [3.8, 4) is 0 Å². The minimum atomic E-state index is 0.947. The summed E-state index contributed by atoms with van der Waals surface area (Å²) in [5, 5.41) is 3.38. The number of rotatable bonds is 6. The molecule has 0 saturated carbocycles. The molecule has 1 aliphatic rings. The molecule has 0 atom stereocenters. The molecule has 0 aliphatic carbocycles. The van der Waals surface area contributed by atoms with Gasteiger partial charge in [0.05, 0.1) is 5.69 Å². The van der Waals surface area contributed by atoms with Gasteiger partial charge in [0.25, 0.3) is 0 Å². The van der Waals surface area contributed by atoms with Crippen molar-refractivity contribution in [3.05, 3.63) is 28.2 Å². The van der Waals surface area contributed by atoms with Crippen LogP contribution in [0.15, 0.2) is 22.7 Å². The van der Waals surface area contributed by atoms with Crippen LogP contribution in [0.25, 0.3) is 0 Å². The van der Waals surface area contributed by atoms with E-state index in [1.54, 1.807) is 0 Å². The molecule has 112 valence electrons. The Hall–Kier alpha value is -0.540. The third-order valence-corrected chi connectivity index (χ3v) is 4.88. The fraction of sp³-hybridized carbons (Fsp3) is 0.647. The van der Waals surface area contributed by atoms with Crippen molar-refractivity contribution in [3.63, 3.8) is 0 Å². The molecule has 1 fully saturated rings. The molecule has 2 rings (SSSR count). The van der Waals surface area contributed by atoms with Gasteiger partial charge in [-0.25, -0.2) is 0 Å². The van der Waals surface area contributed by atoms with Crippen molar-refractivity contribution in [2.45, 2.75) is 46.1 Å². The van der Waals surface area contributed by atoms with Crippen LogP contribution >= 0.6 is 15.9 Å². The minimum Gasteiger partial charge on any atom is -0.371 e. The first kappa shape index (κ1) is 15.8. The molecule has 2 nitrogen and oxygen atoms in total. The Balaban J connectivity index is 1.96. The third kappa shape index (κ3) is 4.23. The quantitative estimate of drug-likeness (QED) is 0.816. The summed E-state index contributed by atoms with van der Waals surface area (Å²) in [6.45, 7) is 8.82. The van der Waals surface area contributed by atoms with E-state index in [2.05, 4.69) is 58.2 Å². The fourth-order valence-corrected chi connectivity index (χ4v) is 3.73. The molecule has 0 unspecified atom stereocenters. The fourth-order valence-electron chi connectivity index (χ4n) is 3.06. The first-order chi connectivity index (χ1) is 9.74. The molecular formula is C17H27BrN2. The molecule has 1 N–H and O–H groups in total. The van der Waals surface area contributed by atoms with Crippen LogP contribution in [0.1, 0.15) is 45.1 Å². The highest BCUT2D eigenvalue weighted by molar-refractivity contribution is 9.10. The van der Waals surface area contributed by atoms with Crippen LogP contribution in [-0.2, 0) is 6.54 Å². The van der Waals surface area contributed by atoms with Gasteiger partial charge in [-0.15, -0.1) is 0 Å². The maximum Gasteiger partial charge on any atom is 0.0510 e.